The molecular formula is C15H14ClNO2S. The molecule has 0 aromatic heterocycles. The highest BCUT2D eigenvalue weighted by atomic mass is 35.5. The second-order valence-corrected chi connectivity index (χ2v) is 6.41. The maximum atomic E-state index is 12.7. The first kappa shape index (κ1) is 14.6. The van der Waals surface area contributed by atoms with Crippen molar-refractivity contribution in [2.75, 3.05) is 10.8 Å². The van der Waals surface area contributed by atoms with Crippen molar-refractivity contribution in [1.82, 2.24) is 0 Å². The molecule has 0 radical (unpaired) electrons. The lowest BCUT2D eigenvalue weighted by atomic mass is 10.3. The van der Waals surface area contributed by atoms with E-state index in [1.165, 1.54) is 4.31 Å². The predicted octanol–water partition coefficient (Wildman–Crippen LogP) is 3.72. The molecule has 104 valence electrons. The summed E-state index contributed by atoms with van der Waals surface area (Å²) in [5.74, 6) is 0. The van der Waals surface area contributed by atoms with Gasteiger partial charge in [-0.05, 0) is 36.4 Å². The highest BCUT2D eigenvalue weighted by Gasteiger charge is 2.23. The first-order valence-electron chi connectivity index (χ1n) is 6.00. The fourth-order valence-electron chi connectivity index (χ4n) is 1.79. The molecule has 0 spiro atoms. The summed E-state index contributed by atoms with van der Waals surface area (Å²) in [7, 11) is -3.61. The van der Waals surface area contributed by atoms with Crippen molar-refractivity contribution in [1.29, 1.82) is 0 Å². The van der Waals surface area contributed by atoms with E-state index in [1.54, 1.807) is 60.7 Å². The van der Waals surface area contributed by atoms with Crippen molar-refractivity contribution in [3.63, 3.8) is 0 Å². The van der Waals surface area contributed by atoms with Crippen molar-refractivity contribution in [2.45, 2.75) is 4.90 Å². The molecule has 0 heterocycles. The van der Waals surface area contributed by atoms with Gasteiger partial charge in [0, 0.05) is 5.02 Å². The molecule has 0 N–H and O–H groups in total. The number of anilines is 1. The molecule has 0 aliphatic heterocycles. The number of hydrogen-bond acceptors (Lipinski definition) is 2. The molecule has 0 fully saturated rings. The van der Waals surface area contributed by atoms with Crippen LogP contribution in [-0.4, -0.2) is 15.0 Å². The van der Waals surface area contributed by atoms with Gasteiger partial charge in [-0.1, -0.05) is 35.9 Å². The standard InChI is InChI=1S/C15H14ClNO2S/c1-2-12-17(14-10-8-13(16)9-11-14)20(18,19)15-6-4-3-5-7-15/h2-11H,1,12H2. The van der Waals surface area contributed by atoms with Crippen molar-refractivity contribution in [2.24, 2.45) is 0 Å². The van der Waals surface area contributed by atoms with Gasteiger partial charge in [0.15, 0.2) is 0 Å². The minimum absolute atomic E-state index is 0.193. The Kier molecular flexibility index (Phi) is 4.47. The first-order chi connectivity index (χ1) is 9.55. The van der Waals surface area contributed by atoms with Crippen LogP contribution < -0.4 is 4.31 Å². The summed E-state index contributed by atoms with van der Waals surface area (Å²) in [5.41, 5.74) is 0.554. The average molecular weight is 308 g/mol. The van der Waals surface area contributed by atoms with Crippen LogP contribution in [0, 0.1) is 0 Å². The molecule has 0 atom stereocenters. The second kappa shape index (κ2) is 6.11. The Morgan fingerprint density at radius 1 is 1.05 bits per heavy atom. The number of nitrogens with zero attached hydrogens (tertiary/aromatic N) is 1. The van der Waals surface area contributed by atoms with Crippen LogP contribution in [0.25, 0.3) is 0 Å². The van der Waals surface area contributed by atoms with Gasteiger partial charge >= 0.3 is 0 Å². The molecule has 0 aliphatic rings. The maximum absolute atomic E-state index is 12.7. The van der Waals surface area contributed by atoms with Gasteiger partial charge < -0.3 is 0 Å². The number of hydrogen-bond donors (Lipinski definition) is 0. The Morgan fingerprint density at radius 3 is 2.20 bits per heavy atom. The molecule has 5 heteroatoms. The lowest BCUT2D eigenvalue weighted by Crippen LogP contribution is -2.31. The molecule has 0 saturated carbocycles. The third-order valence-electron chi connectivity index (χ3n) is 2.74. The summed E-state index contributed by atoms with van der Waals surface area (Å²) in [6.07, 6.45) is 1.55. The number of benzene rings is 2. The van der Waals surface area contributed by atoms with Crippen LogP contribution in [0.3, 0.4) is 0 Å². The van der Waals surface area contributed by atoms with Gasteiger partial charge in [-0.3, -0.25) is 4.31 Å². The molecular weight excluding hydrogens is 294 g/mol. The highest BCUT2D eigenvalue weighted by Crippen LogP contribution is 2.24. The molecule has 0 saturated heterocycles. The van der Waals surface area contributed by atoms with E-state index in [-0.39, 0.29) is 11.4 Å². The SMILES string of the molecule is C=CCN(c1ccc(Cl)cc1)S(=O)(=O)c1ccccc1. The van der Waals surface area contributed by atoms with Gasteiger partial charge in [-0.25, -0.2) is 8.42 Å². The minimum atomic E-state index is -3.61. The molecule has 2 aromatic carbocycles. The topological polar surface area (TPSA) is 37.4 Å². The number of rotatable bonds is 5. The van der Waals surface area contributed by atoms with Crippen LogP contribution in [0.2, 0.25) is 5.02 Å². The van der Waals surface area contributed by atoms with Crippen molar-refractivity contribution >= 4 is 27.3 Å². The number of sulfonamides is 1. The van der Waals surface area contributed by atoms with E-state index in [9.17, 15) is 8.42 Å². The first-order valence-corrected chi connectivity index (χ1v) is 7.82. The van der Waals surface area contributed by atoms with Crippen LogP contribution in [-0.2, 0) is 10.0 Å². The maximum Gasteiger partial charge on any atom is 0.264 e. The molecule has 0 bridgehead atoms. The minimum Gasteiger partial charge on any atom is -0.263 e. The van der Waals surface area contributed by atoms with Crippen LogP contribution in [0.5, 0.6) is 0 Å². The predicted molar refractivity (Wildman–Crippen MR) is 82.6 cm³/mol. The smallest absolute Gasteiger partial charge is 0.263 e. The summed E-state index contributed by atoms with van der Waals surface area (Å²) in [6, 6.07) is 15.0. The van der Waals surface area contributed by atoms with Crippen LogP contribution >= 0.6 is 11.6 Å². The van der Waals surface area contributed by atoms with E-state index in [2.05, 4.69) is 6.58 Å². The Labute approximate surface area is 124 Å². The largest absolute Gasteiger partial charge is 0.264 e. The molecule has 2 rings (SSSR count). The van der Waals surface area contributed by atoms with Gasteiger partial charge in [0.05, 0.1) is 17.1 Å². The zero-order valence-electron chi connectivity index (χ0n) is 10.7. The fourth-order valence-corrected chi connectivity index (χ4v) is 3.37. The fraction of sp³-hybridized carbons (Fsp3) is 0.0667. The molecule has 2 aromatic rings. The summed E-state index contributed by atoms with van der Waals surface area (Å²) in [5, 5.41) is 0.560. The summed E-state index contributed by atoms with van der Waals surface area (Å²) in [6.45, 7) is 3.81. The van der Waals surface area contributed by atoms with Crippen LogP contribution in [0.1, 0.15) is 0 Å². The van der Waals surface area contributed by atoms with E-state index in [0.717, 1.165) is 0 Å². The molecule has 20 heavy (non-hydrogen) atoms. The third-order valence-corrected chi connectivity index (χ3v) is 4.80. The lowest BCUT2D eigenvalue weighted by Gasteiger charge is -2.23. The van der Waals surface area contributed by atoms with Crippen molar-refractivity contribution in [3.05, 3.63) is 72.3 Å². The van der Waals surface area contributed by atoms with E-state index in [1.807, 2.05) is 0 Å². The molecule has 0 unspecified atom stereocenters. The van der Waals surface area contributed by atoms with E-state index in [4.69, 9.17) is 11.6 Å². The molecule has 0 amide bonds. The second-order valence-electron chi connectivity index (χ2n) is 4.11. The lowest BCUT2D eigenvalue weighted by molar-refractivity contribution is 0.593. The molecule has 3 nitrogen and oxygen atoms in total. The van der Waals surface area contributed by atoms with Crippen LogP contribution in [0.4, 0.5) is 5.69 Å². The van der Waals surface area contributed by atoms with Crippen LogP contribution in [0.15, 0.2) is 72.1 Å². The van der Waals surface area contributed by atoms with Gasteiger partial charge in [0.1, 0.15) is 0 Å². The summed E-state index contributed by atoms with van der Waals surface area (Å²) < 4.78 is 26.6. The van der Waals surface area contributed by atoms with E-state index < -0.39 is 10.0 Å². The third kappa shape index (κ3) is 3.03. The Bertz CT molecular complexity index is 682. The average Bonchev–Trinajstić information content (AvgIpc) is 2.47. The summed E-state index contributed by atoms with van der Waals surface area (Å²) in [4.78, 5) is 0.247. The van der Waals surface area contributed by atoms with Gasteiger partial charge in [-0.2, -0.15) is 0 Å². The normalized spacial score (nSPS) is 11.1. The van der Waals surface area contributed by atoms with Gasteiger partial charge in [-0.15, -0.1) is 6.58 Å². The molecule has 0 aliphatic carbocycles. The summed E-state index contributed by atoms with van der Waals surface area (Å²) >= 11 is 5.84. The zero-order chi connectivity index (χ0) is 14.6. The monoisotopic (exact) mass is 307 g/mol. The van der Waals surface area contributed by atoms with E-state index >= 15 is 0 Å². The Balaban J connectivity index is 2.48. The Hall–Kier alpha value is -1.78. The zero-order valence-corrected chi connectivity index (χ0v) is 12.3. The Morgan fingerprint density at radius 2 is 1.65 bits per heavy atom. The van der Waals surface area contributed by atoms with Crippen molar-refractivity contribution in [3.8, 4) is 0 Å². The quantitative estimate of drug-likeness (QED) is 0.789. The van der Waals surface area contributed by atoms with Gasteiger partial charge in [0.2, 0.25) is 0 Å². The highest BCUT2D eigenvalue weighted by molar-refractivity contribution is 7.92. The van der Waals surface area contributed by atoms with Gasteiger partial charge in [0.25, 0.3) is 10.0 Å². The van der Waals surface area contributed by atoms with Crippen molar-refractivity contribution < 1.29 is 8.42 Å². The van der Waals surface area contributed by atoms with E-state index in [0.29, 0.717) is 10.7 Å². The number of halogens is 1.